The van der Waals surface area contributed by atoms with E-state index in [4.69, 9.17) is 15.9 Å². The average molecular weight is 273 g/mol. The number of benzene rings is 1. The largest absolute Gasteiger partial charge is 0.389 e. The van der Waals surface area contributed by atoms with Gasteiger partial charge in [-0.2, -0.15) is 0 Å². The van der Waals surface area contributed by atoms with Gasteiger partial charge in [0.05, 0.1) is 12.7 Å². The van der Waals surface area contributed by atoms with E-state index in [2.05, 4.69) is 0 Å². The first-order valence-electron chi connectivity index (χ1n) is 5.58. The topological polar surface area (TPSA) is 82.6 Å². The van der Waals surface area contributed by atoms with Gasteiger partial charge in [-0.25, -0.2) is 8.78 Å². The molecular weight excluding hydrogens is 256 g/mol. The molecule has 0 fully saturated rings. The normalized spacial score (nSPS) is 12.3. The second-order valence-corrected chi connectivity index (χ2v) is 4.19. The number of hydrogen-bond acceptors (Lipinski definition) is 4. The molecule has 0 aliphatic carbocycles. The van der Waals surface area contributed by atoms with E-state index >= 15 is 0 Å². The van der Waals surface area contributed by atoms with Gasteiger partial charge in [0, 0.05) is 26.3 Å². The molecule has 0 spiro atoms. The van der Waals surface area contributed by atoms with Crippen molar-refractivity contribution in [3.05, 3.63) is 29.3 Å². The molecule has 0 aliphatic rings. The number of halogens is 2. The Hall–Kier alpha value is -1.73. The van der Waals surface area contributed by atoms with E-state index in [1.54, 1.807) is 0 Å². The molecule has 1 rings (SSSR count). The van der Waals surface area contributed by atoms with Crippen molar-refractivity contribution in [3.63, 3.8) is 0 Å². The molecule has 1 aromatic carbocycles. The minimum absolute atomic E-state index is 0.0150. The zero-order chi connectivity index (χ0) is 14.6. The van der Waals surface area contributed by atoms with Crippen LogP contribution in [0.2, 0.25) is 0 Å². The van der Waals surface area contributed by atoms with E-state index in [-0.39, 0.29) is 24.4 Å². The summed E-state index contributed by atoms with van der Waals surface area (Å²) in [6.45, 7) is 0.0835. The number of ether oxygens (including phenoxy) is 1. The third-order valence-corrected chi connectivity index (χ3v) is 2.55. The van der Waals surface area contributed by atoms with Crippen LogP contribution in [0.15, 0.2) is 12.1 Å². The summed E-state index contributed by atoms with van der Waals surface area (Å²) in [5.74, 6) is -2.08. The van der Waals surface area contributed by atoms with E-state index < -0.39 is 23.6 Å². The van der Waals surface area contributed by atoms with Gasteiger partial charge < -0.3 is 20.5 Å². The third-order valence-electron chi connectivity index (χ3n) is 2.55. The van der Waals surface area contributed by atoms with Crippen molar-refractivity contribution in [3.8, 4) is 0 Å². The van der Waals surface area contributed by atoms with Crippen molar-refractivity contribution < 1.29 is 18.6 Å². The molecule has 1 atom stereocenters. The molecular formula is C12H17F2N3O2. The van der Waals surface area contributed by atoms with Crippen LogP contribution in [0.4, 0.5) is 14.5 Å². The first-order chi connectivity index (χ1) is 8.86. The Morgan fingerprint density at radius 2 is 2.00 bits per heavy atom. The Morgan fingerprint density at radius 3 is 2.42 bits per heavy atom. The highest BCUT2D eigenvalue weighted by atomic mass is 19.1. The fourth-order valence-electron chi connectivity index (χ4n) is 1.74. The molecule has 0 bridgehead atoms. The number of nitrogen functional groups attached to an aromatic ring is 1. The molecule has 4 N–H and O–H groups in total. The summed E-state index contributed by atoms with van der Waals surface area (Å²) in [7, 11) is 2.87. The van der Waals surface area contributed by atoms with Crippen molar-refractivity contribution in [1.29, 1.82) is 5.41 Å². The van der Waals surface area contributed by atoms with Crippen LogP contribution in [-0.2, 0) is 4.74 Å². The quantitative estimate of drug-likeness (QED) is 0.526. The Labute approximate surface area is 110 Å². The highest BCUT2D eigenvalue weighted by Crippen LogP contribution is 2.24. The second kappa shape index (κ2) is 6.44. The number of nitrogens with two attached hydrogens (primary N) is 1. The number of hydrogen-bond donors (Lipinski definition) is 3. The molecule has 19 heavy (non-hydrogen) atoms. The molecule has 5 nitrogen and oxygen atoms in total. The Kier molecular flexibility index (Phi) is 5.20. The third kappa shape index (κ3) is 3.87. The van der Waals surface area contributed by atoms with Gasteiger partial charge in [0.15, 0.2) is 0 Å². The number of rotatable bonds is 6. The number of likely N-dealkylation sites (N-methyl/N-ethyl adjacent to an activating group) is 1. The van der Waals surface area contributed by atoms with Crippen LogP contribution in [0, 0.1) is 17.0 Å². The van der Waals surface area contributed by atoms with E-state index in [1.165, 1.54) is 19.1 Å². The van der Waals surface area contributed by atoms with Gasteiger partial charge in [-0.05, 0) is 12.1 Å². The monoisotopic (exact) mass is 273 g/mol. The molecule has 0 amide bonds. The highest BCUT2D eigenvalue weighted by molar-refractivity contribution is 5.95. The molecule has 1 aromatic rings. The lowest BCUT2D eigenvalue weighted by atomic mass is 10.1. The second-order valence-electron chi connectivity index (χ2n) is 4.19. The maximum absolute atomic E-state index is 13.8. The number of anilines is 1. The summed E-state index contributed by atoms with van der Waals surface area (Å²) in [4.78, 5) is 1.25. The van der Waals surface area contributed by atoms with Gasteiger partial charge in [0.1, 0.15) is 23.2 Å². The maximum Gasteiger partial charge on any atom is 0.150 e. The summed E-state index contributed by atoms with van der Waals surface area (Å²) < 4.78 is 32.4. The molecule has 106 valence electrons. The number of nitrogens with zero attached hydrogens (tertiary/aromatic N) is 1. The van der Waals surface area contributed by atoms with Crippen LogP contribution in [0.25, 0.3) is 0 Å². The number of aliphatic hydroxyl groups is 1. The summed E-state index contributed by atoms with van der Waals surface area (Å²) in [6.07, 6.45) is -0.860. The fourth-order valence-corrected chi connectivity index (χ4v) is 1.74. The SMILES string of the molecule is COCC(O)CN(C)c1c(F)cc(C(=N)N)cc1F. The van der Waals surface area contributed by atoms with Gasteiger partial charge in [0.2, 0.25) is 0 Å². The predicted octanol–water partition coefficient (Wildman–Crippen LogP) is 0.692. The first kappa shape index (κ1) is 15.3. The lowest BCUT2D eigenvalue weighted by Crippen LogP contribution is -2.33. The Bertz CT molecular complexity index is 445. The maximum atomic E-state index is 13.8. The molecule has 0 aromatic heterocycles. The van der Waals surface area contributed by atoms with Crippen molar-refractivity contribution in [2.24, 2.45) is 5.73 Å². The van der Waals surface area contributed by atoms with Gasteiger partial charge in [0.25, 0.3) is 0 Å². The zero-order valence-electron chi connectivity index (χ0n) is 10.8. The summed E-state index contributed by atoms with van der Waals surface area (Å²) >= 11 is 0. The van der Waals surface area contributed by atoms with Gasteiger partial charge in [-0.1, -0.05) is 0 Å². The standard InChI is InChI=1S/C12H17F2N3O2/c1-17(5-8(18)6-19-2)11-9(13)3-7(12(15)16)4-10(11)14/h3-4,8,18H,5-6H2,1-2H3,(H3,15,16). The van der Waals surface area contributed by atoms with Crippen LogP contribution in [0.1, 0.15) is 5.56 Å². The molecule has 0 saturated carbocycles. The molecule has 0 aliphatic heterocycles. The van der Waals surface area contributed by atoms with Gasteiger partial charge >= 0.3 is 0 Å². The van der Waals surface area contributed by atoms with Gasteiger partial charge in [-0.15, -0.1) is 0 Å². The number of amidine groups is 1. The number of nitrogens with one attached hydrogen (secondary N) is 1. The van der Waals surface area contributed by atoms with Crippen LogP contribution in [0.5, 0.6) is 0 Å². The molecule has 0 saturated heterocycles. The van der Waals surface area contributed by atoms with E-state index in [9.17, 15) is 13.9 Å². The van der Waals surface area contributed by atoms with Crippen molar-refractivity contribution in [2.75, 3.05) is 32.2 Å². The number of methoxy groups -OCH3 is 1. The predicted molar refractivity (Wildman–Crippen MR) is 68.5 cm³/mol. The van der Waals surface area contributed by atoms with E-state index in [0.717, 1.165) is 12.1 Å². The lowest BCUT2D eigenvalue weighted by Gasteiger charge is -2.23. The average Bonchev–Trinajstić information content (AvgIpc) is 2.27. The van der Waals surface area contributed by atoms with Crippen LogP contribution in [0.3, 0.4) is 0 Å². The zero-order valence-corrected chi connectivity index (χ0v) is 10.8. The summed E-state index contributed by atoms with van der Waals surface area (Å²) in [6, 6.07) is 1.97. The van der Waals surface area contributed by atoms with Crippen molar-refractivity contribution in [1.82, 2.24) is 0 Å². The van der Waals surface area contributed by atoms with E-state index in [0.29, 0.717) is 0 Å². The molecule has 7 heteroatoms. The lowest BCUT2D eigenvalue weighted by molar-refractivity contribution is 0.0693. The summed E-state index contributed by atoms with van der Waals surface area (Å²) in [5, 5.41) is 16.7. The van der Waals surface area contributed by atoms with Crippen molar-refractivity contribution >= 4 is 11.5 Å². The summed E-state index contributed by atoms with van der Waals surface area (Å²) in [5.41, 5.74) is 4.88. The minimum atomic E-state index is -0.860. The number of aliphatic hydroxyl groups excluding tert-OH is 1. The Morgan fingerprint density at radius 1 is 1.47 bits per heavy atom. The molecule has 1 unspecified atom stereocenters. The highest BCUT2D eigenvalue weighted by Gasteiger charge is 2.18. The van der Waals surface area contributed by atoms with Gasteiger partial charge in [-0.3, -0.25) is 5.41 Å². The molecule has 0 heterocycles. The Balaban J connectivity index is 2.97. The minimum Gasteiger partial charge on any atom is -0.389 e. The van der Waals surface area contributed by atoms with Crippen LogP contribution in [-0.4, -0.2) is 44.4 Å². The van der Waals surface area contributed by atoms with Crippen LogP contribution < -0.4 is 10.6 Å². The van der Waals surface area contributed by atoms with E-state index in [1.807, 2.05) is 0 Å². The van der Waals surface area contributed by atoms with Crippen molar-refractivity contribution in [2.45, 2.75) is 6.10 Å². The smallest absolute Gasteiger partial charge is 0.150 e. The fraction of sp³-hybridized carbons (Fsp3) is 0.417. The molecule has 0 radical (unpaired) electrons. The van der Waals surface area contributed by atoms with Crippen LogP contribution >= 0.6 is 0 Å². The first-order valence-corrected chi connectivity index (χ1v) is 5.58.